The van der Waals surface area contributed by atoms with Crippen LogP contribution in [0.15, 0.2) is 30.3 Å². The lowest BCUT2D eigenvalue weighted by atomic mass is 10.2. The molecule has 0 aliphatic rings. The Labute approximate surface area is 131 Å². The van der Waals surface area contributed by atoms with Crippen LogP contribution in [0.3, 0.4) is 0 Å². The van der Waals surface area contributed by atoms with E-state index in [1.54, 1.807) is 0 Å². The van der Waals surface area contributed by atoms with Gasteiger partial charge in [-0.25, -0.2) is 0 Å². The number of hydrogen-bond acceptors (Lipinski definition) is 3. The Balaban J connectivity index is 2.28. The summed E-state index contributed by atoms with van der Waals surface area (Å²) in [6, 6.07) is 12.4. The van der Waals surface area contributed by atoms with E-state index in [2.05, 4.69) is 57.3 Å². The van der Waals surface area contributed by atoms with Crippen LogP contribution in [0.4, 0.5) is 5.69 Å². The minimum atomic E-state index is -1.95. The Morgan fingerprint density at radius 3 is 2.33 bits per heavy atom. The maximum Gasteiger partial charge on any atom is 0.337 e. The molecule has 21 heavy (non-hydrogen) atoms. The fourth-order valence-corrected chi connectivity index (χ4v) is 5.21. The van der Waals surface area contributed by atoms with E-state index in [9.17, 15) is 0 Å². The summed E-state index contributed by atoms with van der Waals surface area (Å²) in [5.41, 5.74) is 1.19. The van der Waals surface area contributed by atoms with E-state index in [1.807, 2.05) is 6.07 Å². The topological polar surface area (TPSA) is 30.5 Å². The lowest BCUT2D eigenvalue weighted by Gasteiger charge is -2.31. The van der Waals surface area contributed by atoms with Crippen LogP contribution in [0.1, 0.15) is 40.5 Å². The molecule has 0 aromatic heterocycles. The average Bonchev–Trinajstić information content (AvgIpc) is 2.52. The van der Waals surface area contributed by atoms with Gasteiger partial charge in [-0.1, -0.05) is 32.0 Å². The zero-order valence-electron chi connectivity index (χ0n) is 14.0. The lowest BCUT2D eigenvalue weighted by molar-refractivity contribution is 0.121. The standard InChI is InChI=1S/C17H31NO2Si/c1-5-19-21(6-2,7-3)20-16(4)12-11-15-18-17-13-9-8-10-14-17/h8-10,13-14,16,18H,5-7,11-12,15H2,1-4H3. The van der Waals surface area contributed by atoms with Crippen LogP contribution in [-0.2, 0) is 8.85 Å². The van der Waals surface area contributed by atoms with Gasteiger partial charge < -0.3 is 14.2 Å². The fraction of sp³-hybridized carbons (Fsp3) is 0.647. The Hall–Kier alpha value is -0.843. The van der Waals surface area contributed by atoms with Gasteiger partial charge in [-0.05, 0) is 50.9 Å². The van der Waals surface area contributed by atoms with Crippen molar-refractivity contribution in [3.05, 3.63) is 30.3 Å². The van der Waals surface area contributed by atoms with Crippen LogP contribution < -0.4 is 5.32 Å². The second kappa shape index (κ2) is 9.98. The van der Waals surface area contributed by atoms with Crippen molar-refractivity contribution in [1.82, 2.24) is 0 Å². The molecular weight excluding hydrogens is 278 g/mol. The molecule has 1 aromatic rings. The summed E-state index contributed by atoms with van der Waals surface area (Å²) >= 11 is 0. The smallest absolute Gasteiger partial charge is 0.337 e. The highest BCUT2D eigenvalue weighted by Crippen LogP contribution is 2.22. The van der Waals surface area contributed by atoms with Crippen LogP contribution in [0.2, 0.25) is 12.1 Å². The first-order valence-electron chi connectivity index (χ1n) is 8.26. The van der Waals surface area contributed by atoms with Gasteiger partial charge >= 0.3 is 8.56 Å². The van der Waals surface area contributed by atoms with Crippen LogP contribution in [0.25, 0.3) is 0 Å². The minimum Gasteiger partial charge on any atom is -0.394 e. The van der Waals surface area contributed by atoms with Crippen molar-refractivity contribution in [1.29, 1.82) is 0 Å². The Kier molecular flexibility index (Phi) is 8.65. The summed E-state index contributed by atoms with van der Waals surface area (Å²) in [7, 11) is -1.95. The van der Waals surface area contributed by atoms with Crippen molar-refractivity contribution in [3.63, 3.8) is 0 Å². The molecule has 1 unspecified atom stereocenters. The van der Waals surface area contributed by atoms with Crippen molar-refractivity contribution in [2.45, 2.75) is 58.7 Å². The second-order valence-corrected chi connectivity index (χ2v) is 9.17. The van der Waals surface area contributed by atoms with Gasteiger partial charge in [-0.3, -0.25) is 0 Å². The fourth-order valence-electron chi connectivity index (χ4n) is 2.52. The average molecular weight is 310 g/mol. The van der Waals surface area contributed by atoms with Crippen molar-refractivity contribution in [2.24, 2.45) is 0 Å². The first kappa shape index (κ1) is 18.2. The molecule has 4 heteroatoms. The number of rotatable bonds is 11. The van der Waals surface area contributed by atoms with Gasteiger partial charge in [0.05, 0.1) is 0 Å². The molecule has 3 nitrogen and oxygen atoms in total. The molecule has 0 saturated carbocycles. The molecule has 0 radical (unpaired) electrons. The highest BCUT2D eigenvalue weighted by Gasteiger charge is 2.34. The van der Waals surface area contributed by atoms with Gasteiger partial charge in [0.25, 0.3) is 0 Å². The molecule has 0 saturated heterocycles. The molecule has 1 aromatic carbocycles. The molecule has 120 valence electrons. The van der Waals surface area contributed by atoms with E-state index in [0.717, 1.165) is 38.1 Å². The first-order valence-corrected chi connectivity index (χ1v) is 10.5. The molecule has 0 bridgehead atoms. The van der Waals surface area contributed by atoms with Crippen LogP contribution in [0, 0.1) is 0 Å². The molecule has 1 atom stereocenters. The second-order valence-electron chi connectivity index (χ2n) is 5.41. The molecular formula is C17H31NO2Si. The third kappa shape index (κ3) is 6.63. The predicted octanol–water partition coefficient (Wildman–Crippen LogP) is 4.80. The zero-order valence-corrected chi connectivity index (χ0v) is 15.0. The van der Waals surface area contributed by atoms with Crippen LogP contribution in [-0.4, -0.2) is 27.8 Å². The Bertz CT molecular complexity index is 368. The molecule has 1 rings (SSSR count). The normalized spacial score (nSPS) is 13.1. The first-order chi connectivity index (χ1) is 10.2. The SMILES string of the molecule is CCO[Si](CC)(CC)OC(C)CCCNc1ccccc1. The highest BCUT2D eigenvalue weighted by atomic mass is 28.4. The van der Waals surface area contributed by atoms with E-state index in [-0.39, 0.29) is 6.10 Å². The van der Waals surface area contributed by atoms with E-state index in [4.69, 9.17) is 8.85 Å². The Morgan fingerprint density at radius 2 is 1.76 bits per heavy atom. The largest absolute Gasteiger partial charge is 0.394 e. The monoisotopic (exact) mass is 309 g/mol. The van der Waals surface area contributed by atoms with Gasteiger partial charge in [0.1, 0.15) is 0 Å². The third-order valence-corrected chi connectivity index (χ3v) is 7.59. The van der Waals surface area contributed by atoms with Gasteiger partial charge in [0.2, 0.25) is 0 Å². The summed E-state index contributed by atoms with van der Waals surface area (Å²) < 4.78 is 12.3. The number of nitrogens with one attached hydrogen (secondary N) is 1. The third-order valence-electron chi connectivity index (χ3n) is 3.79. The lowest BCUT2D eigenvalue weighted by Crippen LogP contribution is -2.43. The number of anilines is 1. The van der Waals surface area contributed by atoms with Gasteiger partial charge in [-0.2, -0.15) is 0 Å². The molecule has 0 heterocycles. The Morgan fingerprint density at radius 1 is 1.10 bits per heavy atom. The van der Waals surface area contributed by atoms with E-state index < -0.39 is 8.56 Å². The van der Waals surface area contributed by atoms with E-state index in [0.29, 0.717) is 0 Å². The summed E-state index contributed by atoms with van der Waals surface area (Å²) in [6.07, 6.45) is 2.46. The van der Waals surface area contributed by atoms with Gasteiger partial charge in [-0.15, -0.1) is 0 Å². The predicted molar refractivity (Wildman–Crippen MR) is 93.1 cm³/mol. The maximum absolute atomic E-state index is 6.32. The summed E-state index contributed by atoms with van der Waals surface area (Å²) in [5, 5.41) is 3.44. The molecule has 0 fully saturated rings. The zero-order chi connectivity index (χ0) is 15.6. The summed E-state index contributed by atoms with van der Waals surface area (Å²) in [6.45, 7) is 10.4. The summed E-state index contributed by atoms with van der Waals surface area (Å²) in [4.78, 5) is 0. The van der Waals surface area contributed by atoms with Gasteiger partial charge in [0.15, 0.2) is 0 Å². The number of hydrogen-bond donors (Lipinski definition) is 1. The van der Waals surface area contributed by atoms with Crippen molar-refractivity contribution in [2.75, 3.05) is 18.5 Å². The van der Waals surface area contributed by atoms with E-state index in [1.165, 1.54) is 5.69 Å². The van der Waals surface area contributed by atoms with Crippen molar-refractivity contribution >= 4 is 14.2 Å². The minimum absolute atomic E-state index is 0.278. The highest BCUT2D eigenvalue weighted by molar-refractivity contribution is 6.67. The number of benzene rings is 1. The summed E-state index contributed by atoms with van der Waals surface area (Å²) in [5.74, 6) is 0. The molecule has 0 aliphatic carbocycles. The van der Waals surface area contributed by atoms with Crippen LogP contribution >= 0.6 is 0 Å². The molecule has 0 amide bonds. The van der Waals surface area contributed by atoms with Crippen molar-refractivity contribution < 1.29 is 8.85 Å². The maximum atomic E-state index is 6.32. The number of para-hydroxylation sites is 1. The molecule has 0 spiro atoms. The van der Waals surface area contributed by atoms with Crippen LogP contribution in [0.5, 0.6) is 0 Å². The van der Waals surface area contributed by atoms with Crippen molar-refractivity contribution in [3.8, 4) is 0 Å². The quantitative estimate of drug-likeness (QED) is 0.470. The van der Waals surface area contributed by atoms with Gasteiger partial charge in [0, 0.05) is 24.9 Å². The van der Waals surface area contributed by atoms with E-state index >= 15 is 0 Å². The molecule has 0 aliphatic heterocycles. The molecule has 1 N–H and O–H groups in total.